The molecular weight excluding hydrogens is 422 g/mol. The molecule has 2 heterocycles. The third kappa shape index (κ3) is 3.11. The minimum absolute atomic E-state index is 0.536. The summed E-state index contributed by atoms with van der Waals surface area (Å²) in [6.45, 7) is 3.79. The van der Waals surface area contributed by atoms with Crippen molar-refractivity contribution in [3.8, 4) is 0 Å². The van der Waals surface area contributed by atoms with Crippen LogP contribution in [0.25, 0.3) is 0 Å². The van der Waals surface area contributed by atoms with Gasteiger partial charge in [-0.05, 0) is 0 Å². The summed E-state index contributed by atoms with van der Waals surface area (Å²) in [5, 5.41) is 7.21. The molecule has 0 amide bonds. The molecule has 14 heavy (non-hydrogen) atoms. The van der Waals surface area contributed by atoms with Crippen molar-refractivity contribution in [2.24, 2.45) is 0 Å². The van der Waals surface area contributed by atoms with E-state index in [1.54, 1.807) is 2.43 Å². The first kappa shape index (κ1) is 12.2. The Bertz CT molecular complexity index is 178. The maximum absolute atomic E-state index is 3.72. The van der Waals surface area contributed by atoms with Crippen LogP contribution in [0.1, 0.15) is 12.8 Å². The van der Waals surface area contributed by atoms with Crippen molar-refractivity contribution in [3.05, 3.63) is 0 Å². The molecule has 0 atom stereocenters. The Balaban J connectivity index is 1.91. The first-order valence-electron chi connectivity index (χ1n) is 5.01. The van der Waals surface area contributed by atoms with Gasteiger partial charge in [0, 0.05) is 0 Å². The van der Waals surface area contributed by atoms with E-state index in [1.165, 1.54) is 37.0 Å². The van der Waals surface area contributed by atoms with Crippen LogP contribution in [0.5, 0.6) is 0 Å². The molecule has 2 fully saturated rings. The number of nitrogens with one attached hydrogen (secondary N) is 2. The van der Waals surface area contributed by atoms with Crippen molar-refractivity contribution in [1.29, 1.82) is 0 Å². The maximum atomic E-state index is 3.72. The second-order valence-corrected chi connectivity index (χ2v) is 18.2. The molecule has 0 saturated carbocycles. The van der Waals surface area contributed by atoms with Crippen LogP contribution in [0.4, 0.5) is 0 Å². The molecule has 0 unspecified atom stereocenters. The van der Waals surface area contributed by atoms with Crippen LogP contribution in [0.2, 0.25) is 0 Å². The van der Waals surface area contributed by atoms with E-state index in [9.17, 15) is 0 Å². The van der Waals surface area contributed by atoms with Gasteiger partial charge in [-0.1, -0.05) is 0 Å². The van der Waals surface area contributed by atoms with Crippen LogP contribution >= 0.6 is 27.4 Å². The van der Waals surface area contributed by atoms with Crippen LogP contribution in [0, 0.1) is 0 Å². The van der Waals surface area contributed by atoms with Gasteiger partial charge < -0.3 is 0 Å². The van der Waals surface area contributed by atoms with E-state index in [2.05, 4.69) is 24.5 Å². The summed E-state index contributed by atoms with van der Waals surface area (Å²) in [6, 6.07) is 0. The van der Waals surface area contributed by atoms with Gasteiger partial charge in [0.05, 0.1) is 0 Å². The van der Waals surface area contributed by atoms with Crippen LogP contribution in [0.15, 0.2) is 0 Å². The molecular formula is C9H19I2N2S-. The number of rotatable bonds is 2. The Hall–Kier alpha value is 1.73. The normalized spacial score (nSPS) is 29.6. The average molecular weight is 441 g/mol. The van der Waals surface area contributed by atoms with Crippen molar-refractivity contribution in [1.82, 2.24) is 10.6 Å². The summed E-state index contributed by atoms with van der Waals surface area (Å²) in [4.78, 5) is 2.45. The number of hydrogen-bond acceptors (Lipinski definition) is 3. The number of piperidine rings is 1. The van der Waals surface area contributed by atoms with Gasteiger partial charge in [-0.3, -0.25) is 0 Å². The summed E-state index contributed by atoms with van der Waals surface area (Å²) >= 11 is -0.0773. The van der Waals surface area contributed by atoms with Crippen LogP contribution in [0.3, 0.4) is 0 Å². The number of alkyl halides is 4. The predicted molar refractivity (Wildman–Crippen MR) is 70.1 cm³/mol. The standard InChI is InChI=1S/C9H19I2N2S/c1-10-7-11-8-13-6-9(14-11)2-4-12-5-3-9/h12-13H,2-8H2,1H3/q-1. The molecule has 0 aromatic carbocycles. The Morgan fingerprint density at radius 1 is 1.36 bits per heavy atom. The molecule has 2 aliphatic rings. The van der Waals surface area contributed by atoms with Gasteiger partial charge in [-0.15, -0.1) is 0 Å². The molecule has 0 aliphatic carbocycles. The quantitative estimate of drug-likeness (QED) is 0.310. The Morgan fingerprint density at radius 2 is 2.14 bits per heavy atom. The monoisotopic (exact) mass is 441 g/mol. The second kappa shape index (κ2) is 5.88. The zero-order valence-electron chi connectivity index (χ0n) is 8.61. The fraction of sp³-hybridized carbons (Fsp3) is 1.00. The third-order valence-electron chi connectivity index (χ3n) is 2.69. The van der Waals surface area contributed by atoms with Crippen molar-refractivity contribution in [3.63, 3.8) is 0 Å². The van der Waals surface area contributed by atoms with E-state index in [-0.39, 0.29) is 0 Å². The molecule has 2 rings (SSSR count). The Morgan fingerprint density at radius 3 is 2.86 bits per heavy atom. The van der Waals surface area contributed by atoms with E-state index in [4.69, 9.17) is 0 Å². The summed E-state index contributed by atoms with van der Waals surface area (Å²) in [7, 11) is 2.46. The molecule has 5 heteroatoms. The Kier molecular flexibility index (Phi) is 5.12. The minimum atomic E-state index is -0.613. The predicted octanol–water partition coefficient (Wildman–Crippen LogP) is -1.50. The van der Waals surface area contributed by atoms with Crippen molar-refractivity contribution < 1.29 is 21.2 Å². The van der Waals surface area contributed by atoms with E-state index in [1.807, 2.05) is 0 Å². The molecule has 0 bridgehead atoms. The van der Waals surface area contributed by atoms with Crippen LogP contribution in [-0.2, 0) is 0 Å². The van der Waals surface area contributed by atoms with Crippen molar-refractivity contribution in [2.75, 3.05) is 31.6 Å². The SMILES string of the molecule is C[I-]CI1CNCC2(CCNCC2)S1. The molecule has 2 nitrogen and oxygen atoms in total. The summed E-state index contributed by atoms with van der Waals surface area (Å²) < 4.78 is 3.72. The molecule has 1 spiro atoms. The average Bonchev–Trinajstić information content (AvgIpc) is 2.19. The van der Waals surface area contributed by atoms with Gasteiger partial charge in [0.2, 0.25) is 0 Å². The molecule has 2 saturated heterocycles. The van der Waals surface area contributed by atoms with E-state index in [0.717, 1.165) is 0 Å². The fourth-order valence-corrected chi connectivity index (χ4v) is 23.6. The van der Waals surface area contributed by atoms with E-state index >= 15 is 0 Å². The van der Waals surface area contributed by atoms with Crippen molar-refractivity contribution >= 4 is 27.4 Å². The fourth-order valence-electron chi connectivity index (χ4n) is 1.97. The van der Waals surface area contributed by atoms with Gasteiger partial charge in [-0.2, -0.15) is 0 Å². The summed E-state index contributed by atoms with van der Waals surface area (Å²) in [6.07, 6.45) is 2.81. The van der Waals surface area contributed by atoms with Crippen LogP contribution < -0.4 is 31.8 Å². The van der Waals surface area contributed by atoms with Gasteiger partial charge in [-0.25, -0.2) is 0 Å². The zero-order valence-corrected chi connectivity index (χ0v) is 13.7. The van der Waals surface area contributed by atoms with E-state index < -0.39 is 18.4 Å². The number of hydrogen-bond donors (Lipinski definition) is 2. The first-order chi connectivity index (χ1) is 6.85. The molecule has 0 radical (unpaired) electrons. The van der Waals surface area contributed by atoms with Gasteiger partial charge in [0.25, 0.3) is 0 Å². The van der Waals surface area contributed by atoms with Gasteiger partial charge in [0.1, 0.15) is 0 Å². The van der Waals surface area contributed by atoms with E-state index in [0.29, 0.717) is 26.0 Å². The first-order valence-corrected chi connectivity index (χ1v) is 15.1. The second-order valence-electron chi connectivity index (χ2n) is 3.85. The Labute approximate surface area is 107 Å². The van der Waals surface area contributed by atoms with Gasteiger partial charge >= 0.3 is 108 Å². The molecule has 2 aliphatic heterocycles. The zero-order chi connectivity index (χ0) is 9.86. The topological polar surface area (TPSA) is 24.1 Å². The molecule has 86 valence electrons. The molecule has 2 N–H and O–H groups in total. The van der Waals surface area contributed by atoms with Crippen LogP contribution in [-0.4, -0.2) is 36.3 Å². The third-order valence-corrected chi connectivity index (χ3v) is 23.7. The number of halogens is 2. The summed E-state index contributed by atoms with van der Waals surface area (Å²) in [5.41, 5.74) is 0. The summed E-state index contributed by atoms with van der Waals surface area (Å²) in [5.74, 6) is 0. The van der Waals surface area contributed by atoms with Crippen molar-refractivity contribution in [2.45, 2.75) is 17.6 Å². The molecule has 0 aromatic heterocycles. The van der Waals surface area contributed by atoms with Gasteiger partial charge in [0.15, 0.2) is 0 Å². The molecule has 0 aromatic rings.